The molecule has 2 rings (SSSR count). The molecule has 86 valence electrons. The molecule has 1 aromatic carbocycles. The lowest BCUT2D eigenvalue weighted by atomic mass is 10.1. The van der Waals surface area contributed by atoms with E-state index in [2.05, 4.69) is 43.3 Å². The van der Waals surface area contributed by atoms with E-state index in [9.17, 15) is 0 Å². The maximum Gasteiger partial charge on any atom is 0.102 e. The minimum Gasteiger partial charge on any atom is -0.369 e. The molecule has 0 aromatic heterocycles. The van der Waals surface area contributed by atoms with Gasteiger partial charge in [0, 0.05) is 6.61 Å². The maximum atomic E-state index is 5.89. The molecule has 0 amide bonds. The van der Waals surface area contributed by atoms with Crippen molar-refractivity contribution in [2.24, 2.45) is 0 Å². The summed E-state index contributed by atoms with van der Waals surface area (Å²) in [4.78, 5) is 0. The van der Waals surface area contributed by atoms with Gasteiger partial charge in [-0.1, -0.05) is 62.6 Å². The van der Waals surface area contributed by atoms with Gasteiger partial charge in [0.25, 0.3) is 0 Å². The van der Waals surface area contributed by atoms with Crippen LogP contribution in [-0.4, -0.2) is 6.61 Å². The minimum absolute atomic E-state index is 0.192. The number of hydrogen-bond donors (Lipinski definition) is 0. The first-order valence-electron chi connectivity index (χ1n) is 6.30. The molecule has 0 saturated carbocycles. The van der Waals surface area contributed by atoms with Crippen molar-refractivity contribution in [3.8, 4) is 0 Å². The molecule has 0 fully saturated rings. The number of unbranched alkanes of at least 4 members (excludes halogenated alkanes) is 3. The highest BCUT2D eigenvalue weighted by Gasteiger charge is 2.16. The van der Waals surface area contributed by atoms with Gasteiger partial charge in [-0.25, -0.2) is 0 Å². The Balaban J connectivity index is 1.78. The van der Waals surface area contributed by atoms with E-state index in [1.807, 2.05) is 0 Å². The van der Waals surface area contributed by atoms with Gasteiger partial charge in [0.05, 0.1) is 0 Å². The van der Waals surface area contributed by atoms with Crippen LogP contribution in [0.15, 0.2) is 30.3 Å². The van der Waals surface area contributed by atoms with Gasteiger partial charge in [-0.3, -0.25) is 0 Å². The van der Waals surface area contributed by atoms with Crippen molar-refractivity contribution in [1.29, 1.82) is 0 Å². The second-order valence-electron chi connectivity index (χ2n) is 4.34. The number of rotatable bonds is 6. The van der Waals surface area contributed by atoms with Crippen molar-refractivity contribution in [2.45, 2.75) is 38.7 Å². The number of fused-ring (bicyclic) bond motifs is 1. The topological polar surface area (TPSA) is 9.23 Å². The smallest absolute Gasteiger partial charge is 0.102 e. The van der Waals surface area contributed by atoms with Crippen LogP contribution in [0.1, 0.15) is 49.8 Å². The first kappa shape index (κ1) is 11.4. The monoisotopic (exact) mass is 216 g/mol. The molecule has 1 aromatic rings. The third kappa shape index (κ3) is 2.73. The number of benzene rings is 1. The lowest BCUT2D eigenvalue weighted by Crippen LogP contribution is -2.01. The van der Waals surface area contributed by atoms with Gasteiger partial charge in [0.2, 0.25) is 0 Å². The molecule has 0 bridgehead atoms. The van der Waals surface area contributed by atoms with E-state index in [-0.39, 0.29) is 6.10 Å². The summed E-state index contributed by atoms with van der Waals surface area (Å²) in [6.07, 6.45) is 9.58. The molecular formula is C15H20O. The molecule has 1 nitrogen and oxygen atoms in total. The molecule has 0 spiro atoms. The first-order chi connectivity index (χ1) is 7.92. The molecule has 1 aliphatic rings. The summed E-state index contributed by atoms with van der Waals surface area (Å²) in [6.45, 7) is 3.11. The Morgan fingerprint density at radius 3 is 2.88 bits per heavy atom. The quantitative estimate of drug-likeness (QED) is 0.642. The van der Waals surface area contributed by atoms with Crippen LogP contribution in [0, 0.1) is 0 Å². The van der Waals surface area contributed by atoms with E-state index >= 15 is 0 Å². The summed E-state index contributed by atoms with van der Waals surface area (Å²) >= 11 is 0. The zero-order valence-corrected chi connectivity index (χ0v) is 9.99. The second-order valence-corrected chi connectivity index (χ2v) is 4.34. The Bertz CT molecular complexity index is 354. The molecular weight excluding hydrogens is 196 g/mol. The number of hydrogen-bond acceptors (Lipinski definition) is 1. The normalized spacial score (nSPS) is 17.7. The van der Waals surface area contributed by atoms with Crippen molar-refractivity contribution in [3.05, 3.63) is 41.5 Å². The van der Waals surface area contributed by atoms with Gasteiger partial charge in [-0.2, -0.15) is 0 Å². The Morgan fingerprint density at radius 1 is 1.12 bits per heavy atom. The highest BCUT2D eigenvalue weighted by molar-refractivity contribution is 5.61. The average molecular weight is 216 g/mol. The van der Waals surface area contributed by atoms with Gasteiger partial charge in [-0.15, -0.1) is 0 Å². The van der Waals surface area contributed by atoms with Crippen molar-refractivity contribution in [3.63, 3.8) is 0 Å². The van der Waals surface area contributed by atoms with E-state index in [4.69, 9.17) is 4.74 Å². The minimum atomic E-state index is 0.192. The van der Waals surface area contributed by atoms with E-state index in [1.165, 1.54) is 36.8 Å². The van der Waals surface area contributed by atoms with Gasteiger partial charge >= 0.3 is 0 Å². The van der Waals surface area contributed by atoms with E-state index < -0.39 is 0 Å². The Kier molecular flexibility index (Phi) is 4.17. The Labute approximate surface area is 98.1 Å². The van der Waals surface area contributed by atoms with Crippen LogP contribution in [-0.2, 0) is 4.74 Å². The van der Waals surface area contributed by atoms with Gasteiger partial charge in [0.15, 0.2) is 0 Å². The molecule has 0 radical (unpaired) electrons. The summed E-state index contributed by atoms with van der Waals surface area (Å²) < 4.78 is 5.89. The lowest BCUT2D eigenvalue weighted by Gasteiger charge is -2.12. The summed E-state index contributed by atoms with van der Waals surface area (Å²) in [5.74, 6) is 0. The third-order valence-corrected chi connectivity index (χ3v) is 3.05. The first-order valence-corrected chi connectivity index (χ1v) is 6.30. The molecule has 0 saturated heterocycles. The van der Waals surface area contributed by atoms with E-state index in [1.54, 1.807) is 0 Å². The van der Waals surface area contributed by atoms with Crippen LogP contribution in [0.25, 0.3) is 6.08 Å². The van der Waals surface area contributed by atoms with Gasteiger partial charge in [-0.05, 0) is 17.5 Å². The highest BCUT2D eigenvalue weighted by Crippen LogP contribution is 2.30. The van der Waals surface area contributed by atoms with Gasteiger partial charge in [0.1, 0.15) is 6.10 Å². The Morgan fingerprint density at radius 2 is 2.00 bits per heavy atom. The molecule has 0 aliphatic heterocycles. The summed E-state index contributed by atoms with van der Waals surface area (Å²) in [5, 5.41) is 0. The molecule has 16 heavy (non-hydrogen) atoms. The second kappa shape index (κ2) is 5.86. The molecule has 1 aliphatic carbocycles. The highest BCUT2D eigenvalue weighted by atomic mass is 16.5. The van der Waals surface area contributed by atoms with Crippen molar-refractivity contribution in [1.82, 2.24) is 0 Å². The number of ether oxygens (including phenoxy) is 1. The summed E-state index contributed by atoms with van der Waals surface area (Å²) in [5.41, 5.74) is 2.62. The largest absolute Gasteiger partial charge is 0.369 e. The van der Waals surface area contributed by atoms with Crippen LogP contribution < -0.4 is 0 Å². The van der Waals surface area contributed by atoms with Crippen LogP contribution in [0.4, 0.5) is 0 Å². The SMILES string of the molecule is CCCCCCOC1C=Cc2ccccc21. The molecule has 1 atom stereocenters. The molecule has 1 unspecified atom stereocenters. The van der Waals surface area contributed by atoms with E-state index in [0.29, 0.717) is 0 Å². The van der Waals surface area contributed by atoms with Gasteiger partial charge < -0.3 is 4.74 Å². The van der Waals surface area contributed by atoms with Crippen LogP contribution in [0.3, 0.4) is 0 Å². The van der Waals surface area contributed by atoms with Crippen LogP contribution in [0.2, 0.25) is 0 Å². The van der Waals surface area contributed by atoms with Crippen molar-refractivity contribution in [2.75, 3.05) is 6.61 Å². The summed E-state index contributed by atoms with van der Waals surface area (Å²) in [6, 6.07) is 8.46. The van der Waals surface area contributed by atoms with Crippen LogP contribution >= 0.6 is 0 Å². The zero-order chi connectivity index (χ0) is 11.2. The molecule has 0 N–H and O–H groups in total. The Hall–Kier alpha value is -1.08. The predicted molar refractivity (Wildman–Crippen MR) is 68.3 cm³/mol. The van der Waals surface area contributed by atoms with Crippen molar-refractivity contribution >= 4 is 6.08 Å². The maximum absolute atomic E-state index is 5.89. The fourth-order valence-corrected chi connectivity index (χ4v) is 2.10. The molecule has 1 heteroatoms. The molecule has 0 heterocycles. The standard InChI is InChI=1S/C15H20O/c1-2-3-4-7-12-16-15-11-10-13-8-5-6-9-14(13)15/h5-6,8-11,15H,2-4,7,12H2,1H3. The fraction of sp³-hybridized carbons (Fsp3) is 0.467. The summed E-state index contributed by atoms with van der Waals surface area (Å²) in [7, 11) is 0. The zero-order valence-electron chi connectivity index (χ0n) is 9.99. The fourth-order valence-electron chi connectivity index (χ4n) is 2.10. The lowest BCUT2D eigenvalue weighted by molar-refractivity contribution is 0.0840. The predicted octanol–water partition coefficient (Wildman–Crippen LogP) is 4.35. The third-order valence-electron chi connectivity index (χ3n) is 3.05. The average Bonchev–Trinajstić information content (AvgIpc) is 2.73. The van der Waals surface area contributed by atoms with Crippen molar-refractivity contribution < 1.29 is 4.74 Å². The van der Waals surface area contributed by atoms with Crippen LogP contribution in [0.5, 0.6) is 0 Å². The van der Waals surface area contributed by atoms with E-state index in [0.717, 1.165) is 6.61 Å².